The van der Waals surface area contributed by atoms with Crippen LogP contribution in [0.5, 0.6) is 5.75 Å². The maximum Gasteiger partial charge on any atom is 0.264 e. The summed E-state index contributed by atoms with van der Waals surface area (Å²) in [5, 5.41) is 3.35. The minimum absolute atomic E-state index is 0.0341. The van der Waals surface area contributed by atoms with E-state index >= 15 is 0 Å². The Kier molecular flexibility index (Phi) is 10.8. The van der Waals surface area contributed by atoms with Crippen LogP contribution in [0.3, 0.4) is 0 Å². The molecule has 10 heteroatoms. The Morgan fingerprint density at radius 1 is 0.927 bits per heavy atom. The molecule has 0 spiro atoms. The zero-order chi connectivity index (χ0) is 30.2. The Labute approximate surface area is 248 Å². The minimum atomic E-state index is -4.25. The fraction of sp³-hybridized carbons (Fsp3) is 0.355. The fourth-order valence-electron chi connectivity index (χ4n) is 4.34. The van der Waals surface area contributed by atoms with E-state index in [1.54, 1.807) is 31.2 Å². The number of anilines is 1. The maximum absolute atomic E-state index is 14.2. The quantitative estimate of drug-likeness (QED) is 0.290. The highest BCUT2D eigenvalue weighted by Crippen LogP contribution is 2.33. The first-order valence-corrected chi connectivity index (χ1v) is 15.3. The van der Waals surface area contributed by atoms with Gasteiger partial charge in [-0.2, -0.15) is 0 Å². The van der Waals surface area contributed by atoms with Gasteiger partial charge in [0.2, 0.25) is 11.8 Å². The third-order valence-corrected chi connectivity index (χ3v) is 8.22. The molecule has 2 amide bonds. The SMILES string of the molecule is CCOc1ccccc1N(CC(=O)N(Cc1ccccc1)C(CC)C(=O)NC(C)(C)C)S(=O)(=O)c1ccc(Cl)cc1. The molecule has 3 aromatic rings. The molecule has 1 N–H and O–H groups in total. The molecule has 0 radical (unpaired) electrons. The molecule has 0 aliphatic rings. The lowest BCUT2D eigenvalue weighted by atomic mass is 10.1. The van der Waals surface area contributed by atoms with E-state index in [2.05, 4.69) is 5.32 Å². The number of carbonyl (C=O) groups excluding carboxylic acids is 2. The Bertz CT molecular complexity index is 1420. The van der Waals surface area contributed by atoms with E-state index in [1.807, 2.05) is 58.0 Å². The summed E-state index contributed by atoms with van der Waals surface area (Å²) in [7, 11) is -4.25. The van der Waals surface area contributed by atoms with Crippen LogP contribution in [0.1, 0.15) is 46.6 Å². The number of ether oxygens (including phenoxy) is 1. The van der Waals surface area contributed by atoms with Gasteiger partial charge in [-0.05, 0) is 76.1 Å². The van der Waals surface area contributed by atoms with Crippen molar-refractivity contribution < 1.29 is 22.7 Å². The van der Waals surface area contributed by atoms with Crippen LogP contribution >= 0.6 is 11.6 Å². The number of hydrogen-bond donors (Lipinski definition) is 1. The number of rotatable bonds is 12. The molecule has 0 heterocycles. The van der Waals surface area contributed by atoms with Crippen LogP contribution in [-0.2, 0) is 26.2 Å². The molecular weight excluding hydrogens is 562 g/mol. The summed E-state index contributed by atoms with van der Waals surface area (Å²) in [4.78, 5) is 29.0. The van der Waals surface area contributed by atoms with Crippen LogP contribution in [-0.4, -0.2) is 49.9 Å². The van der Waals surface area contributed by atoms with Crippen LogP contribution in [0.15, 0.2) is 83.8 Å². The summed E-state index contributed by atoms with van der Waals surface area (Å²) < 4.78 is 34.9. The fourth-order valence-corrected chi connectivity index (χ4v) is 5.89. The minimum Gasteiger partial charge on any atom is -0.492 e. The van der Waals surface area contributed by atoms with Gasteiger partial charge in [0.05, 0.1) is 17.2 Å². The summed E-state index contributed by atoms with van der Waals surface area (Å²) in [6, 6.07) is 20.9. The second kappa shape index (κ2) is 13.9. The second-order valence-corrected chi connectivity index (χ2v) is 12.8. The van der Waals surface area contributed by atoms with Gasteiger partial charge < -0.3 is 15.0 Å². The van der Waals surface area contributed by atoms with Gasteiger partial charge in [-0.25, -0.2) is 8.42 Å². The molecule has 0 aliphatic carbocycles. The summed E-state index contributed by atoms with van der Waals surface area (Å²) in [6.45, 7) is 9.08. The van der Waals surface area contributed by atoms with Crippen LogP contribution in [0.4, 0.5) is 5.69 Å². The molecule has 220 valence electrons. The molecule has 0 saturated heterocycles. The maximum atomic E-state index is 14.2. The lowest BCUT2D eigenvalue weighted by Gasteiger charge is -2.35. The van der Waals surface area contributed by atoms with Gasteiger partial charge in [0.15, 0.2) is 0 Å². The largest absolute Gasteiger partial charge is 0.492 e. The van der Waals surface area contributed by atoms with Crippen LogP contribution in [0.25, 0.3) is 0 Å². The number of para-hydroxylation sites is 2. The first kappa shape index (κ1) is 32.0. The molecule has 0 bridgehead atoms. The van der Waals surface area contributed by atoms with Crippen molar-refractivity contribution in [3.05, 3.63) is 89.4 Å². The zero-order valence-corrected chi connectivity index (χ0v) is 25.7. The lowest BCUT2D eigenvalue weighted by Crippen LogP contribution is -2.55. The molecule has 3 aromatic carbocycles. The summed E-state index contributed by atoms with van der Waals surface area (Å²) in [5.74, 6) is -0.535. The van der Waals surface area contributed by atoms with E-state index in [0.717, 1.165) is 9.87 Å². The monoisotopic (exact) mass is 599 g/mol. The van der Waals surface area contributed by atoms with Gasteiger partial charge in [0, 0.05) is 17.1 Å². The summed E-state index contributed by atoms with van der Waals surface area (Å²) in [5.41, 5.74) is 0.501. The highest BCUT2D eigenvalue weighted by molar-refractivity contribution is 7.92. The summed E-state index contributed by atoms with van der Waals surface area (Å²) in [6.07, 6.45) is 0.333. The number of nitrogens with zero attached hydrogens (tertiary/aromatic N) is 2. The highest BCUT2D eigenvalue weighted by atomic mass is 35.5. The number of benzene rings is 3. The smallest absolute Gasteiger partial charge is 0.264 e. The standard InChI is InChI=1S/C31H38ClN3O5S/c1-6-26(30(37)33-31(3,4)5)34(21-23-13-9-8-10-14-23)29(36)22-35(27-15-11-12-16-28(27)40-7-2)41(38,39)25-19-17-24(32)18-20-25/h8-20,26H,6-7,21-22H2,1-5H3,(H,33,37). The molecule has 0 aliphatic heterocycles. The van der Waals surface area contributed by atoms with E-state index in [-0.39, 0.29) is 23.0 Å². The first-order chi connectivity index (χ1) is 19.4. The number of nitrogens with one attached hydrogen (secondary N) is 1. The Morgan fingerprint density at radius 3 is 2.12 bits per heavy atom. The van der Waals surface area contributed by atoms with Crippen LogP contribution in [0.2, 0.25) is 5.02 Å². The molecule has 0 saturated carbocycles. The number of halogens is 1. The number of amides is 2. The molecule has 0 aromatic heterocycles. The van der Waals surface area contributed by atoms with Crippen molar-refractivity contribution in [2.24, 2.45) is 0 Å². The number of sulfonamides is 1. The van der Waals surface area contributed by atoms with E-state index < -0.39 is 34.1 Å². The Morgan fingerprint density at radius 2 is 1.54 bits per heavy atom. The predicted molar refractivity (Wildman–Crippen MR) is 163 cm³/mol. The van der Waals surface area contributed by atoms with E-state index in [0.29, 0.717) is 23.8 Å². The van der Waals surface area contributed by atoms with E-state index in [9.17, 15) is 18.0 Å². The van der Waals surface area contributed by atoms with Crippen molar-refractivity contribution in [2.75, 3.05) is 17.5 Å². The van der Waals surface area contributed by atoms with Gasteiger partial charge in [-0.1, -0.05) is 61.0 Å². The average molecular weight is 600 g/mol. The molecular formula is C31H38ClN3O5S. The van der Waals surface area contributed by atoms with Crippen LogP contribution < -0.4 is 14.4 Å². The molecule has 1 unspecified atom stereocenters. The molecule has 1 atom stereocenters. The van der Waals surface area contributed by atoms with Gasteiger partial charge >= 0.3 is 0 Å². The van der Waals surface area contributed by atoms with Crippen molar-refractivity contribution >= 4 is 39.1 Å². The van der Waals surface area contributed by atoms with Crippen molar-refractivity contribution in [3.63, 3.8) is 0 Å². The van der Waals surface area contributed by atoms with Gasteiger partial charge in [0.25, 0.3) is 10.0 Å². The lowest BCUT2D eigenvalue weighted by molar-refractivity contribution is -0.141. The summed E-state index contributed by atoms with van der Waals surface area (Å²) >= 11 is 6.03. The number of hydrogen-bond acceptors (Lipinski definition) is 5. The third-order valence-electron chi connectivity index (χ3n) is 6.19. The molecule has 41 heavy (non-hydrogen) atoms. The highest BCUT2D eigenvalue weighted by Gasteiger charge is 2.35. The topological polar surface area (TPSA) is 96.0 Å². The van der Waals surface area contributed by atoms with E-state index in [1.165, 1.54) is 29.2 Å². The van der Waals surface area contributed by atoms with E-state index in [4.69, 9.17) is 16.3 Å². The second-order valence-electron chi connectivity index (χ2n) is 10.5. The van der Waals surface area contributed by atoms with Crippen molar-refractivity contribution in [3.8, 4) is 5.75 Å². The molecule has 3 rings (SSSR count). The molecule has 8 nitrogen and oxygen atoms in total. The average Bonchev–Trinajstić information content (AvgIpc) is 2.92. The molecule has 0 fully saturated rings. The zero-order valence-electron chi connectivity index (χ0n) is 24.1. The van der Waals surface area contributed by atoms with Gasteiger partial charge in [0.1, 0.15) is 18.3 Å². The Balaban J connectivity index is 2.11. The normalized spacial score (nSPS) is 12.3. The van der Waals surface area contributed by atoms with Crippen molar-refractivity contribution in [1.29, 1.82) is 0 Å². The van der Waals surface area contributed by atoms with Gasteiger partial charge in [-0.3, -0.25) is 13.9 Å². The van der Waals surface area contributed by atoms with Crippen LogP contribution in [0, 0.1) is 0 Å². The van der Waals surface area contributed by atoms with Gasteiger partial charge in [-0.15, -0.1) is 0 Å². The third kappa shape index (κ3) is 8.47. The first-order valence-electron chi connectivity index (χ1n) is 13.5. The predicted octanol–water partition coefficient (Wildman–Crippen LogP) is 5.66. The van der Waals surface area contributed by atoms with Crippen molar-refractivity contribution in [1.82, 2.24) is 10.2 Å². The number of carbonyl (C=O) groups is 2. The Hall–Kier alpha value is -3.56. The van der Waals surface area contributed by atoms with Crippen molar-refractivity contribution in [2.45, 2.75) is 64.1 Å².